The van der Waals surface area contributed by atoms with Crippen LogP contribution in [0.25, 0.3) is 0 Å². The maximum Gasteiger partial charge on any atom is 0.130 e. The Bertz CT molecular complexity index is 578. The van der Waals surface area contributed by atoms with Gasteiger partial charge in [-0.3, -0.25) is 4.99 Å². The van der Waals surface area contributed by atoms with E-state index in [-0.39, 0.29) is 0 Å². The van der Waals surface area contributed by atoms with E-state index < -0.39 is 9.39 Å². The minimum atomic E-state index is -1.56. The Hall–Kier alpha value is -1.68. The first-order valence-corrected chi connectivity index (χ1v) is 7.29. The van der Waals surface area contributed by atoms with E-state index in [9.17, 15) is 0 Å². The lowest BCUT2D eigenvalue weighted by molar-refractivity contribution is 1.17. The van der Waals surface area contributed by atoms with Crippen molar-refractivity contribution in [3.63, 3.8) is 0 Å². The first-order valence-electron chi connectivity index (χ1n) is 5.32. The van der Waals surface area contributed by atoms with Crippen molar-refractivity contribution in [2.75, 3.05) is 12.3 Å². The molecule has 2 rings (SSSR count). The van der Waals surface area contributed by atoms with Crippen molar-refractivity contribution in [1.82, 2.24) is 4.72 Å². The summed E-state index contributed by atoms with van der Waals surface area (Å²) in [6.07, 6.45) is 2.04. The van der Waals surface area contributed by atoms with E-state index in [2.05, 4.69) is 28.4 Å². The minimum absolute atomic E-state index is 0.748. The van der Waals surface area contributed by atoms with Crippen LogP contribution in [-0.4, -0.2) is 24.1 Å². The van der Waals surface area contributed by atoms with Gasteiger partial charge in [0.1, 0.15) is 5.84 Å². The summed E-state index contributed by atoms with van der Waals surface area (Å²) in [7, 11) is -1.56. The highest BCUT2D eigenvalue weighted by Gasteiger charge is 2.07. The molecule has 0 saturated carbocycles. The molecule has 0 spiro atoms. The van der Waals surface area contributed by atoms with E-state index in [4.69, 9.17) is 5.73 Å². The molecule has 0 unspecified atom stereocenters. The number of nitrogens with one attached hydrogen (secondary N) is 1. The third kappa shape index (κ3) is 2.71. The predicted molar refractivity (Wildman–Crippen MR) is 80.1 cm³/mol. The van der Waals surface area contributed by atoms with Gasteiger partial charge in [0.15, 0.2) is 0 Å². The van der Waals surface area contributed by atoms with Gasteiger partial charge >= 0.3 is 0 Å². The molecule has 3 N–H and O–H groups in total. The molecule has 90 valence electrons. The topological polar surface area (TPSA) is 50.4 Å². The van der Waals surface area contributed by atoms with Crippen LogP contribution in [0.2, 0.25) is 0 Å². The van der Waals surface area contributed by atoms with Crippen LogP contribution >= 0.6 is 9.39 Å². The van der Waals surface area contributed by atoms with Gasteiger partial charge in [-0.2, -0.15) is 0 Å². The van der Waals surface area contributed by atoms with E-state index in [1.165, 1.54) is 5.57 Å². The maximum absolute atomic E-state index is 5.67. The molecule has 1 aliphatic heterocycles. The molecule has 0 aromatic heterocycles. The van der Waals surface area contributed by atoms with Crippen molar-refractivity contribution in [3.05, 3.63) is 35.9 Å². The first kappa shape index (κ1) is 11.8. The smallest absolute Gasteiger partial charge is 0.130 e. The molecule has 0 fully saturated rings. The fraction of sp³-hybridized carbons (Fsp3) is 0.154. The van der Waals surface area contributed by atoms with Gasteiger partial charge < -0.3 is 10.5 Å². The number of nitrogens with two attached hydrogens (primary N) is 1. The molecule has 4 heteroatoms. The van der Waals surface area contributed by atoms with Crippen LogP contribution < -0.4 is 10.5 Å². The van der Waals surface area contributed by atoms with E-state index in [1.807, 2.05) is 30.3 Å². The normalized spacial score (nSPS) is 15.4. The molecule has 0 atom stereocenters. The zero-order valence-electron chi connectivity index (χ0n) is 9.94. The second-order valence-corrected chi connectivity index (χ2v) is 6.69. The molecule has 0 amide bonds. The van der Waals surface area contributed by atoms with Crippen LogP contribution in [0, 0.1) is 0 Å². The van der Waals surface area contributed by atoms with Gasteiger partial charge in [-0.15, -0.1) is 9.39 Å². The number of amidine groups is 1. The molecule has 1 aromatic rings. The van der Waals surface area contributed by atoms with Gasteiger partial charge in [-0.25, -0.2) is 0 Å². The van der Waals surface area contributed by atoms with Crippen LogP contribution in [0.3, 0.4) is 0 Å². The van der Waals surface area contributed by atoms with Crippen molar-refractivity contribution in [1.29, 1.82) is 0 Å². The van der Waals surface area contributed by atoms with E-state index in [1.54, 1.807) is 0 Å². The van der Waals surface area contributed by atoms with Crippen molar-refractivity contribution < 1.29 is 0 Å². The standard InChI is InChI=1S/C13H17N3S/c1-10-8-13(15-9-10)16-17(2,3)12-6-4-11(14)5-7-12/h4-8H,2-3,9,14H2,1H3,(H,15,16). The Morgan fingerprint density at radius 1 is 1.29 bits per heavy atom. The average Bonchev–Trinajstić information content (AvgIpc) is 2.63. The third-order valence-corrected chi connectivity index (χ3v) is 4.29. The maximum atomic E-state index is 5.67. The highest BCUT2D eigenvalue weighted by Crippen LogP contribution is 2.28. The summed E-state index contributed by atoms with van der Waals surface area (Å²) >= 11 is 0. The zero-order valence-corrected chi connectivity index (χ0v) is 10.8. The SMILES string of the molecule is C=S(=C)(NC1=NCC(C)=C1)c1ccc(N)cc1. The average molecular weight is 247 g/mol. The van der Waals surface area contributed by atoms with E-state index in [0.717, 1.165) is 23.0 Å². The monoisotopic (exact) mass is 247 g/mol. The summed E-state index contributed by atoms with van der Waals surface area (Å²) in [4.78, 5) is 5.44. The second-order valence-electron chi connectivity index (χ2n) is 4.25. The Balaban J connectivity index is 2.23. The third-order valence-electron chi connectivity index (χ3n) is 2.51. The number of benzene rings is 1. The Labute approximate surface area is 103 Å². The van der Waals surface area contributed by atoms with Crippen LogP contribution in [0.5, 0.6) is 0 Å². The zero-order chi connectivity index (χ0) is 12.5. The van der Waals surface area contributed by atoms with Crippen molar-refractivity contribution in [3.8, 4) is 0 Å². The Morgan fingerprint density at radius 3 is 2.47 bits per heavy atom. The van der Waals surface area contributed by atoms with Gasteiger partial charge in [-0.1, -0.05) is 11.7 Å². The van der Waals surface area contributed by atoms with Crippen LogP contribution in [0.1, 0.15) is 6.92 Å². The molecule has 0 radical (unpaired) electrons. The summed E-state index contributed by atoms with van der Waals surface area (Å²) in [6.45, 7) is 2.82. The molecule has 0 bridgehead atoms. The van der Waals surface area contributed by atoms with Crippen LogP contribution in [0.4, 0.5) is 5.69 Å². The number of anilines is 1. The van der Waals surface area contributed by atoms with Gasteiger partial charge in [0.25, 0.3) is 0 Å². The summed E-state index contributed by atoms with van der Waals surface area (Å²) in [5.41, 5.74) is 7.66. The van der Waals surface area contributed by atoms with Gasteiger partial charge in [0.05, 0.1) is 6.54 Å². The molecule has 0 aliphatic carbocycles. The van der Waals surface area contributed by atoms with Crippen molar-refractivity contribution in [2.45, 2.75) is 11.8 Å². The number of hydrogen-bond donors (Lipinski definition) is 2. The molecule has 0 saturated heterocycles. The molecule has 1 heterocycles. The van der Waals surface area contributed by atoms with Gasteiger partial charge in [-0.05, 0) is 42.8 Å². The second kappa shape index (κ2) is 4.30. The van der Waals surface area contributed by atoms with Crippen molar-refractivity contribution in [2.24, 2.45) is 4.99 Å². The number of rotatable bonds is 2. The molecule has 1 aromatic carbocycles. The Morgan fingerprint density at radius 2 is 1.94 bits per heavy atom. The quantitative estimate of drug-likeness (QED) is 0.621. The van der Waals surface area contributed by atoms with Crippen LogP contribution in [0.15, 0.2) is 45.8 Å². The lowest BCUT2D eigenvalue weighted by Gasteiger charge is -2.17. The van der Waals surface area contributed by atoms with Crippen LogP contribution in [-0.2, 0) is 0 Å². The fourth-order valence-corrected chi connectivity index (χ4v) is 2.88. The highest BCUT2D eigenvalue weighted by atomic mass is 32.2. The molecule has 1 aliphatic rings. The highest BCUT2D eigenvalue weighted by molar-refractivity contribution is 8.26. The van der Waals surface area contributed by atoms with E-state index >= 15 is 0 Å². The predicted octanol–water partition coefficient (Wildman–Crippen LogP) is 2.16. The Kier molecular flexibility index (Phi) is 2.98. The molecule has 17 heavy (non-hydrogen) atoms. The largest absolute Gasteiger partial charge is 0.399 e. The van der Waals surface area contributed by atoms with Crippen molar-refractivity contribution >= 4 is 32.7 Å². The molecular weight excluding hydrogens is 230 g/mol. The van der Waals surface area contributed by atoms with Gasteiger partial charge in [0.2, 0.25) is 0 Å². The summed E-state index contributed by atoms with van der Waals surface area (Å²) in [5.74, 6) is 9.21. The number of nitrogens with zero attached hydrogens (tertiary/aromatic N) is 1. The van der Waals surface area contributed by atoms with E-state index in [0.29, 0.717) is 0 Å². The summed E-state index contributed by atoms with van der Waals surface area (Å²) < 4.78 is 3.32. The minimum Gasteiger partial charge on any atom is -0.399 e. The number of nitrogen functional groups attached to an aromatic ring is 1. The first-order chi connectivity index (χ1) is 7.97. The molecular formula is C13H17N3S. The number of aliphatic imine (C=N–C) groups is 1. The lowest BCUT2D eigenvalue weighted by Crippen LogP contribution is -2.16. The molecule has 3 nitrogen and oxygen atoms in total. The fourth-order valence-electron chi connectivity index (χ4n) is 1.58. The lowest BCUT2D eigenvalue weighted by atomic mass is 10.3. The number of hydrogen-bond acceptors (Lipinski definition) is 3. The summed E-state index contributed by atoms with van der Waals surface area (Å²) in [6, 6.07) is 7.66. The summed E-state index contributed by atoms with van der Waals surface area (Å²) in [5, 5.41) is 0. The van der Waals surface area contributed by atoms with Gasteiger partial charge in [0, 0.05) is 10.6 Å².